The number of aromatic nitrogens is 4. The lowest BCUT2D eigenvalue weighted by molar-refractivity contribution is 0.313. The van der Waals surface area contributed by atoms with Gasteiger partial charge in [0.2, 0.25) is 0 Å². The Morgan fingerprint density at radius 3 is 2.28 bits per heavy atom. The van der Waals surface area contributed by atoms with Crippen molar-refractivity contribution in [2.75, 3.05) is 70.6 Å². The smallest absolute Gasteiger partial charge is 0.184 e. The number of hydrogen-bond donors (Lipinski definition) is 1. The second-order valence-electron chi connectivity index (χ2n) is 8.88. The van der Waals surface area contributed by atoms with Crippen LogP contribution in [0.1, 0.15) is 17.8 Å². The number of nitrogens with one attached hydrogen (secondary N) is 1. The number of benzene rings is 1. The fourth-order valence-electron chi connectivity index (χ4n) is 3.85. The number of fused-ring (bicyclic) bond motifs is 1. The van der Waals surface area contributed by atoms with E-state index in [0.29, 0.717) is 11.5 Å². The molecule has 3 aromatic rings. The molecule has 32 heavy (non-hydrogen) atoms. The fourth-order valence-corrected chi connectivity index (χ4v) is 3.85. The van der Waals surface area contributed by atoms with E-state index in [1.54, 1.807) is 0 Å². The summed E-state index contributed by atoms with van der Waals surface area (Å²) in [6.45, 7) is 10.1. The molecule has 0 bridgehead atoms. The molecule has 1 aliphatic heterocycles. The van der Waals surface area contributed by atoms with Crippen LogP contribution in [0.2, 0.25) is 0 Å². The third-order valence-electron chi connectivity index (χ3n) is 6.01. The topological polar surface area (TPSA) is 73.3 Å². The molecule has 0 radical (unpaired) electrons. The van der Waals surface area contributed by atoms with Crippen LogP contribution in [0.15, 0.2) is 24.3 Å². The first-order valence-corrected chi connectivity index (χ1v) is 11.4. The largest absolute Gasteiger partial charge is 0.369 e. The maximum absolute atomic E-state index is 4.85. The van der Waals surface area contributed by atoms with Gasteiger partial charge in [-0.05, 0) is 72.2 Å². The number of piperazine rings is 1. The number of likely N-dealkylation sites (N-methyl/N-ethyl adjacent to an activating group) is 1. The molecule has 0 unspecified atom stereocenters. The molecule has 0 spiro atoms. The Kier molecular flexibility index (Phi) is 6.81. The van der Waals surface area contributed by atoms with Crippen molar-refractivity contribution in [1.82, 2.24) is 29.7 Å². The van der Waals surface area contributed by atoms with Crippen LogP contribution >= 0.6 is 0 Å². The molecule has 1 N–H and O–H groups in total. The van der Waals surface area contributed by atoms with Gasteiger partial charge >= 0.3 is 0 Å². The van der Waals surface area contributed by atoms with Crippen LogP contribution in [0, 0.1) is 13.8 Å². The van der Waals surface area contributed by atoms with Gasteiger partial charge in [0, 0.05) is 44.0 Å². The third-order valence-corrected chi connectivity index (χ3v) is 6.01. The minimum atomic E-state index is 0.636. The summed E-state index contributed by atoms with van der Waals surface area (Å²) in [6, 6.07) is 8.56. The highest BCUT2D eigenvalue weighted by atomic mass is 15.2. The number of rotatable bonds is 7. The lowest BCUT2D eigenvalue weighted by Gasteiger charge is -2.34. The summed E-state index contributed by atoms with van der Waals surface area (Å²) >= 11 is 0. The van der Waals surface area contributed by atoms with E-state index in [1.807, 2.05) is 13.8 Å². The van der Waals surface area contributed by atoms with E-state index in [2.05, 4.69) is 65.4 Å². The summed E-state index contributed by atoms with van der Waals surface area (Å²) in [4.78, 5) is 26.0. The van der Waals surface area contributed by atoms with Crippen molar-refractivity contribution in [2.24, 2.45) is 0 Å². The minimum Gasteiger partial charge on any atom is -0.369 e. The zero-order chi connectivity index (χ0) is 22.7. The van der Waals surface area contributed by atoms with Crippen molar-refractivity contribution >= 4 is 22.7 Å². The van der Waals surface area contributed by atoms with E-state index >= 15 is 0 Å². The average Bonchev–Trinajstić information content (AvgIpc) is 2.78. The van der Waals surface area contributed by atoms with Crippen molar-refractivity contribution in [3.63, 3.8) is 0 Å². The molecule has 1 aromatic carbocycles. The highest BCUT2D eigenvalue weighted by Gasteiger charge is 2.16. The van der Waals surface area contributed by atoms with Gasteiger partial charge in [0.15, 0.2) is 22.8 Å². The molecule has 1 fully saturated rings. The van der Waals surface area contributed by atoms with Gasteiger partial charge < -0.3 is 20.0 Å². The van der Waals surface area contributed by atoms with Crippen molar-refractivity contribution in [1.29, 1.82) is 0 Å². The molecular weight excluding hydrogens is 400 g/mol. The molecular formula is C24H34N8. The summed E-state index contributed by atoms with van der Waals surface area (Å²) < 4.78 is 0. The maximum Gasteiger partial charge on any atom is 0.184 e. The third kappa shape index (κ3) is 5.14. The molecule has 0 atom stereocenters. The van der Waals surface area contributed by atoms with E-state index in [1.165, 1.54) is 5.69 Å². The Balaban J connectivity index is 1.62. The Labute approximate surface area is 190 Å². The molecule has 3 heterocycles. The maximum atomic E-state index is 4.85. The normalized spacial score (nSPS) is 15.0. The number of anilines is 2. The van der Waals surface area contributed by atoms with E-state index < -0.39 is 0 Å². The van der Waals surface area contributed by atoms with Gasteiger partial charge in [-0.25, -0.2) is 19.9 Å². The first-order valence-electron chi connectivity index (χ1n) is 11.4. The van der Waals surface area contributed by atoms with Crippen LogP contribution < -0.4 is 10.2 Å². The predicted octanol–water partition coefficient (Wildman–Crippen LogP) is 2.82. The zero-order valence-electron chi connectivity index (χ0n) is 19.9. The summed E-state index contributed by atoms with van der Waals surface area (Å²) in [5.41, 5.74) is 5.40. The van der Waals surface area contributed by atoms with Gasteiger partial charge in [0.25, 0.3) is 0 Å². The number of aryl methyl sites for hydroxylation is 2. The fraction of sp³-hybridized carbons (Fsp3) is 0.500. The Morgan fingerprint density at radius 1 is 0.906 bits per heavy atom. The summed E-state index contributed by atoms with van der Waals surface area (Å²) in [6.07, 6.45) is 1.02. The van der Waals surface area contributed by atoms with E-state index in [4.69, 9.17) is 19.9 Å². The van der Waals surface area contributed by atoms with Gasteiger partial charge in [-0.2, -0.15) is 0 Å². The van der Waals surface area contributed by atoms with Crippen molar-refractivity contribution in [2.45, 2.75) is 20.3 Å². The van der Waals surface area contributed by atoms with Crippen molar-refractivity contribution in [3.8, 4) is 11.4 Å². The molecule has 0 saturated carbocycles. The first-order chi connectivity index (χ1) is 15.4. The number of hydrogen-bond acceptors (Lipinski definition) is 8. The second kappa shape index (κ2) is 9.75. The molecule has 1 aliphatic rings. The van der Waals surface area contributed by atoms with Crippen LogP contribution in [0.3, 0.4) is 0 Å². The van der Waals surface area contributed by atoms with Crippen LogP contribution in [0.4, 0.5) is 11.5 Å². The van der Waals surface area contributed by atoms with Crippen LogP contribution in [-0.2, 0) is 0 Å². The van der Waals surface area contributed by atoms with Gasteiger partial charge in [0.1, 0.15) is 0 Å². The highest BCUT2D eigenvalue weighted by molar-refractivity contribution is 5.84. The average molecular weight is 435 g/mol. The molecule has 0 aliphatic carbocycles. The number of nitrogens with zero attached hydrogens (tertiary/aromatic N) is 7. The van der Waals surface area contributed by atoms with Gasteiger partial charge in [-0.1, -0.05) is 0 Å². The monoisotopic (exact) mass is 434 g/mol. The molecule has 170 valence electrons. The van der Waals surface area contributed by atoms with E-state index in [0.717, 1.165) is 74.0 Å². The highest BCUT2D eigenvalue weighted by Crippen LogP contribution is 2.26. The molecule has 0 amide bonds. The van der Waals surface area contributed by atoms with Gasteiger partial charge in [0.05, 0.1) is 11.4 Å². The van der Waals surface area contributed by atoms with E-state index in [-0.39, 0.29) is 0 Å². The van der Waals surface area contributed by atoms with Crippen LogP contribution in [0.25, 0.3) is 22.6 Å². The summed E-state index contributed by atoms with van der Waals surface area (Å²) in [5, 5.41) is 3.47. The zero-order valence-corrected chi connectivity index (χ0v) is 19.9. The lowest BCUT2D eigenvalue weighted by Crippen LogP contribution is -2.44. The molecule has 8 heteroatoms. The summed E-state index contributed by atoms with van der Waals surface area (Å²) in [7, 11) is 6.35. The molecule has 1 saturated heterocycles. The lowest BCUT2D eigenvalue weighted by atomic mass is 10.1. The van der Waals surface area contributed by atoms with Gasteiger partial charge in [-0.3, -0.25) is 0 Å². The van der Waals surface area contributed by atoms with Crippen molar-refractivity contribution < 1.29 is 0 Å². The van der Waals surface area contributed by atoms with Crippen LogP contribution in [0.5, 0.6) is 0 Å². The SMILES string of the molecule is Cc1nc2nc(-c3ccc(N4CCN(C)CC4)cc3)nc(NCCCN(C)C)c2nc1C. The molecule has 4 rings (SSSR count). The van der Waals surface area contributed by atoms with Crippen molar-refractivity contribution in [3.05, 3.63) is 35.7 Å². The Bertz CT molecular complexity index is 1060. The quantitative estimate of drug-likeness (QED) is 0.569. The Morgan fingerprint density at radius 2 is 1.59 bits per heavy atom. The molecule has 2 aromatic heterocycles. The Hall–Kier alpha value is -2.84. The first kappa shape index (κ1) is 22.4. The minimum absolute atomic E-state index is 0.636. The van der Waals surface area contributed by atoms with Gasteiger partial charge in [-0.15, -0.1) is 0 Å². The van der Waals surface area contributed by atoms with Crippen LogP contribution in [-0.4, -0.2) is 90.1 Å². The summed E-state index contributed by atoms with van der Waals surface area (Å²) in [5.74, 6) is 1.43. The molecule has 8 nitrogen and oxygen atoms in total. The van der Waals surface area contributed by atoms with E-state index in [9.17, 15) is 0 Å². The predicted molar refractivity (Wildman–Crippen MR) is 131 cm³/mol. The standard InChI is InChI=1S/C24H34N8/c1-17-18(2)27-24-21(26-17)23(25-11-6-12-30(3)4)28-22(29-24)19-7-9-20(10-8-19)32-15-13-31(5)14-16-32/h7-10H,6,11-16H2,1-5H3,(H,25,27,28,29). The second-order valence-corrected chi connectivity index (χ2v) is 8.88.